The van der Waals surface area contributed by atoms with E-state index in [0.29, 0.717) is 0 Å². The molecule has 0 aliphatic rings. The Hall–Kier alpha value is -6.36. The smallest absolute Gasteiger partial charge is 0.143 e. The molecule has 4 heteroatoms. The highest BCUT2D eigenvalue weighted by atomic mass is 32.1. The van der Waals surface area contributed by atoms with Crippen molar-refractivity contribution >= 4 is 103 Å². The number of nitrogens with zero attached hydrogens (tertiary/aromatic N) is 1. The van der Waals surface area contributed by atoms with Crippen molar-refractivity contribution in [1.82, 2.24) is 0 Å². The van der Waals surface area contributed by atoms with Crippen molar-refractivity contribution in [2.45, 2.75) is 0 Å². The molecule has 3 nitrogen and oxygen atoms in total. The summed E-state index contributed by atoms with van der Waals surface area (Å²) in [6.07, 6.45) is 0. The molecular formula is C46H27NO2S. The quantitative estimate of drug-likeness (QED) is 0.189. The molecule has 11 aromatic rings. The van der Waals surface area contributed by atoms with E-state index >= 15 is 0 Å². The highest BCUT2D eigenvalue weighted by molar-refractivity contribution is 7.25. The van der Waals surface area contributed by atoms with Gasteiger partial charge >= 0.3 is 0 Å². The molecule has 8 aromatic carbocycles. The molecule has 0 saturated heterocycles. The molecule has 0 N–H and O–H groups in total. The van der Waals surface area contributed by atoms with Gasteiger partial charge in [0.1, 0.15) is 22.3 Å². The number of furan rings is 2. The van der Waals surface area contributed by atoms with Gasteiger partial charge in [-0.3, -0.25) is 0 Å². The van der Waals surface area contributed by atoms with Crippen LogP contribution in [0.25, 0.3) is 85.9 Å². The third-order valence-corrected chi connectivity index (χ3v) is 11.2. The zero-order valence-electron chi connectivity index (χ0n) is 26.8. The molecule has 3 heterocycles. The lowest BCUT2D eigenvalue weighted by atomic mass is 9.99. The summed E-state index contributed by atoms with van der Waals surface area (Å²) in [4.78, 5) is 2.33. The molecule has 0 amide bonds. The van der Waals surface area contributed by atoms with Crippen LogP contribution in [0.2, 0.25) is 0 Å². The first-order valence-electron chi connectivity index (χ1n) is 16.8. The van der Waals surface area contributed by atoms with Crippen molar-refractivity contribution < 1.29 is 8.83 Å². The monoisotopic (exact) mass is 657 g/mol. The standard InChI is InChI=1S/C46H27NO2S/c1-2-9-33-28(8-1)18-25-41-45(33)39-13-7-12-34(46(39)49-41)29-16-19-30(20-17-29)47(31-21-23-36-35-10-3-5-14-40(35)48-42(36)26-31)32-22-24-38-37-11-4-6-15-43(37)50-44(38)27-32/h1-27H. The van der Waals surface area contributed by atoms with Crippen molar-refractivity contribution in [1.29, 1.82) is 0 Å². The maximum absolute atomic E-state index is 6.57. The Morgan fingerprint density at radius 2 is 1.08 bits per heavy atom. The molecule has 0 atom stereocenters. The first-order valence-corrected chi connectivity index (χ1v) is 17.6. The Balaban J connectivity index is 1.07. The molecule has 0 aliphatic carbocycles. The van der Waals surface area contributed by atoms with Gasteiger partial charge in [-0.05, 0) is 70.9 Å². The van der Waals surface area contributed by atoms with Crippen molar-refractivity contribution in [2.24, 2.45) is 0 Å². The number of fused-ring (bicyclic) bond motifs is 11. The van der Waals surface area contributed by atoms with E-state index in [1.165, 1.54) is 36.3 Å². The van der Waals surface area contributed by atoms with Gasteiger partial charge < -0.3 is 13.7 Å². The molecule has 0 saturated carbocycles. The average Bonchev–Trinajstić information content (AvgIpc) is 3.86. The molecule has 50 heavy (non-hydrogen) atoms. The van der Waals surface area contributed by atoms with Crippen LogP contribution in [-0.2, 0) is 0 Å². The lowest BCUT2D eigenvalue weighted by molar-refractivity contribution is 0.669. The Labute approximate surface area is 290 Å². The first kappa shape index (κ1) is 27.6. The summed E-state index contributed by atoms with van der Waals surface area (Å²) < 4.78 is 15.5. The highest BCUT2D eigenvalue weighted by Crippen LogP contribution is 2.44. The SMILES string of the molecule is c1ccc2c(c1)ccc1oc3c(-c4ccc(N(c5ccc6c(c5)oc5ccccc56)c5ccc6c(c5)sc5ccccc56)cc4)cccc3c12. The highest BCUT2D eigenvalue weighted by Gasteiger charge is 2.19. The minimum absolute atomic E-state index is 0.873. The number of hydrogen-bond acceptors (Lipinski definition) is 4. The van der Waals surface area contributed by atoms with Crippen molar-refractivity contribution in [3.05, 3.63) is 164 Å². The minimum Gasteiger partial charge on any atom is -0.456 e. The molecule has 0 unspecified atom stereocenters. The Kier molecular flexibility index (Phi) is 5.83. The second-order valence-corrected chi connectivity index (χ2v) is 14.0. The van der Waals surface area contributed by atoms with Crippen molar-refractivity contribution in [2.75, 3.05) is 4.90 Å². The summed E-state index contributed by atoms with van der Waals surface area (Å²) in [6, 6.07) is 58.3. The molecule has 11 rings (SSSR count). The van der Waals surface area contributed by atoms with Gasteiger partial charge in [0.2, 0.25) is 0 Å². The van der Waals surface area contributed by atoms with Crippen LogP contribution in [0.3, 0.4) is 0 Å². The summed E-state index contributed by atoms with van der Waals surface area (Å²) in [6.45, 7) is 0. The number of hydrogen-bond donors (Lipinski definition) is 0. The van der Waals surface area contributed by atoms with Crippen LogP contribution in [0.4, 0.5) is 17.1 Å². The third kappa shape index (κ3) is 4.09. The molecular weight excluding hydrogens is 631 g/mol. The van der Waals surface area contributed by atoms with E-state index in [-0.39, 0.29) is 0 Å². The van der Waals surface area contributed by atoms with E-state index in [2.05, 4.69) is 157 Å². The van der Waals surface area contributed by atoms with Gasteiger partial charge in [0.15, 0.2) is 0 Å². The molecule has 0 radical (unpaired) electrons. The Bertz CT molecular complexity index is 2990. The van der Waals surface area contributed by atoms with E-state index < -0.39 is 0 Å². The largest absolute Gasteiger partial charge is 0.456 e. The Morgan fingerprint density at radius 3 is 1.98 bits per heavy atom. The number of para-hydroxylation sites is 2. The molecule has 234 valence electrons. The molecule has 3 aromatic heterocycles. The summed E-state index contributed by atoms with van der Waals surface area (Å²) in [5.74, 6) is 0. The fourth-order valence-electron chi connectivity index (χ4n) is 7.74. The number of benzene rings is 8. The van der Waals surface area contributed by atoms with Crippen LogP contribution < -0.4 is 4.90 Å². The normalized spacial score (nSPS) is 12.0. The van der Waals surface area contributed by atoms with E-state index in [0.717, 1.165) is 66.7 Å². The maximum atomic E-state index is 6.57. The summed E-state index contributed by atoms with van der Waals surface area (Å²) in [7, 11) is 0. The second-order valence-electron chi connectivity index (χ2n) is 12.9. The zero-order valence-corrected chi connectivity index (χ0v) is 27.6. The van der Waals surface area contributed by atoms with Gasteiger partial charge in [-0.25, -0.2) is 0 Å². The van der Waals surface area contributed by atoms with Gasteiger partial charge in [0, 0.05) is 70.4 Å². The number of thiophene rings is 1. The molecule has 0 spiro atoms. The fourth-order valence-corrected chi connectivity index (χ4v) is 8.88. The van der Waals surface area contributed by atoms with Gasteiger partial charge in [-0.2, -0.15) is 0 Å². The Morgan fingerprint density at radius 1 is 0.400 bits per heavy atom. The summed E-state index contributed by atoms with van der Waals surface area (Å²) >= 11 is 1.84. The van der Waals surface area contributed by atoms with Crippen LogP contribution in [-0.4, -0.2) is 0 Å². The summed E-state index contributed by atoms with van der Waals surface area (Å²) in [5.41, 5.74) is 8.97. The van der Waals surface area contributed by atoms with Gasteiger partial charge in [-0.1, -0.05) is 103 Å². The maximum Gasteiger partial charge on any atom is 0.143 e. The predicted molar refractivity (Wildman–Crippen MR) is 212 cm³/mol. The van der Waals surface area contributed by atoms with Crippen LogP contribution in [0.5, 0.6) is 0 Å². The van der Waals surface area contributed by atoms with Crippen molar-refractivity contribution in [3.63, 3.8) is 0 Å². The average molecular weight is 658 g/mol. The number of anilines is 3. The van der Waals surface area contributed by atoms with E-state index in [1.54, 1.807) is 0 Å². The minimum atomic E-state index is 0.873. The fraction of sp³-hybridized carbons (Fsp3) is 0. The van der Waals surface area contributed by atoms with Crippen molar-refractivity contribution in [3.8, 4) is 11.1 Å². The van der Waals surface area contributed by atoms with Gasteiger partial charge in [0.25, 0.3) is 0 Å². The topological polar surface area (TPSA) is 29.5 Å². The molecule has 0 fully saturated rings. The number of rotatable bonds is 4. The first-order chi connectivity index (χ1) is 24.8. The van der Waals surface area contributed by atoms with Crippen LogP contribution >= 0.6 is 11.3 Å². The lowest BCUT2D eigenvalue weighted by Gasteiger charge is -2.26. The third-order valence-electron chi connectivity index (χ3n) is 10.1. The van der Waals surface area contributed by atoms with Crippen LogP contribution in [0.15, 0.2) is 173 Å². The van der Waals surface area contributed by atoms with Gasteiger partial charge in [0.05, 0.1) is 0 Å². The zero-order chi connectivity index (χ0) is 32.8. The lowest BCUT2D eigenvalue weighted by Crippen LogP contribution is -2.09. The van der Waals surface area contributed by atoms with E-state index in [4.69, 9.17) is 8.83 Å². The molecule has 0 aliphatic heterocycles. The second kappa shape index (κ2) is 10.6. The van der Waals surface area contributed by atoms with Crippen LogP contribution in [0, 0.1) is 0 Å². The van der Waals surface area contributed by atoms with E-state index in [1.807, 2.05) is 23.5 Å². The van der Waals surface area contributed by atoms with Gasteiger partial charge in [-0.15, -0.1) is 11.3 Å². The predicted octanol–water partition coefficient (Wildman–Crippen LogP) is 14.1. The van der Waals surface area contributed by atoms with Crippen LogP contribution in [0.1, 0.15) is 0 Å². The summed E-state index contributed by atoms with van der Waals surface area (Å²) in [5, 5.41) is 9.55. The van der Waals surface area contributed by atoms with E-state index in [9.17, 15) is 0 Å². The molecule has 0 bridgehead atoms.